The Labute approximate surface area is 156 Å². The zero-order chi connectivity index (χ0) is 18.8. The summed E-state index contributed by atoms with van der Waals surface area (Å²) in [6.45, 7) is 4.46. The van der Waals surface area contributed by atoms with Crippen LogP contribution < -0.4 is 5.32 Å². The van der Waals surface area contributed by atoms with Crippen LogP contribution in [0.3, 0.4) is 0 Å². The van der Waals surface area contributed by atoms with E-state index in [1.807, 2.05) is 6.07 Å². The van der Waals surface area contributed by atoms with Gasteiger partial charge in [-0.05, 0) is 63.2 Å². The van der Waals surface area contributed by atoms with Gasteiger partial charge in [0, 0.05) is 0 Å². The maximum absolute atomic E-state index is 13.2. The Bertz CT molecular complexity index is 943. The van der Waals surface area contributed by atoms with Crippen molar-refractivity contribution < 1.29 is 13.6 Å². The molecule has 1 fully saturated rings. The van der Waals surface area contributed by atoms with Crippen LogP contribution in [0.25, 0.3) is 11.0 Å². The van der Waals surface area contributed by atoms with Crippen LogP contribution >= 0.6 is 0 Å². The molecular weight excluding hydrogens is 347 g/mol. The van der Waals surface area contributed by atoms with Crippen molar-refractivity contribution in [3.05, 3.63) is 53.5 Å². The minimum absolute atomic E-state index is 0.164. The summed E-state index contributed by atoms with van der Waals surface area (Å²) in [5.41, 5.74) is 1.27. The van der Waals surface area contributed by atoms with Gasteiger partial charge in [-0.2, -0.15) is 0 Å². The maximum atomic E-state index is 13.2. The summed E-state index contributed by atoms with van der Waals surface area (Å²) < 4.78 is 19.0. The number of rotatable bonds is 5. The van der Waals surface area contributed by atoms with E-state index in [0.717, 1.165) is 18.8 Å². The lowest BCUT2D eigenvalue weighted by Gasteiger charge is -2.31. The Kier molecular flexibility index (Phi) is 4.94. The first-order valence-corrected chi connectivity index (χ1v) is 9.36. The van der Waals surface area contributed by atoms with Crippen molar-refractivity contribution in [2.45, 2.75) is 38.8 Å². The highest BCUT2D eigenvalue weighted by atomic mass is 19.1. The van der Waals surface area contributed by atoms with Crippen molar-refractivity contribution in [2.24, 2.45) is 0 Å². The quantitative estimate of drug-likeness (QED) is 0.717. The predicted octanol–water partition coefficient (Wildman–Crippen LogP) is 3.77. The van der Waals surface area contributed by atoms with Gasteiger partial charge in [0.25, 0.3) is 5.91 Å². The van der Waals surface area contributed by atoms with Crippen molar-refractivity contribution >= 4 is 16.9 Å². The molecule has 1 aliphatic heterocycles. The first-order chi connectivity index (χ1) is 13.1. The maximum Gasteiger partial charge on any atom is 0.287 e. The Morgan fingerprint density at radius 3 is 2.93 bits per heavy atom. The molecule has 0 unspecified atom stereocenters. The van der Waals surface area contributed by atoms with Gasteiger partial charge in [-0.1, -0.05) is 6.42 Å². The van der Waals surface area contributed by atoms with Crippen molar-refractivity contribution in [3.8, 4) is 0 Å². The molecule has 0 spiro atoms. The molecule has 3 aromatic rings. The summed E-state index contributed by atoms with van der Waals surface area (Å²) in [4.78, 5) is 22.1. The minimum Gasteiger partial charge on any atom is -0.454 e. The van der Waals surface area contributed by atoms with Gasteiger partial charge >= 0.3 is 0 Å². The van der Waals surface area contributed by atoms with Crippen LogP contribution in [0.2, 0.25) is 0 Å². The van der Waals surface area contributed by atoms with Gasteiger partial charge in [-0.3, -0.25) is 9.69 Å². The molecule has 1 atom stereocenters. The highest BCUT2D eigenvalue weighted by Gasteiger charge is 2.22. The highest BCUT2D eigenvalue weighted by Crippen LogP contribution is 2.25. The van der Waals surface area contributed by atoms with E-state index >= 15 is 0 Å². The number of hydrogen-bond acceptors (Lipinski definition) is 4. The second-order valence-corrected chi connectivity index (χ2v) is 7.00. The van der Waals surface area contributed by atoms with E-state index in [1.165, 1.54) is 31.4 Å². The fourth-order valence-electron chi connectivity index (χ4n) is 3.55. The van der Waals surface area contributed by atoms with E-state index in [4.69, 9.17) is 4.42 Å². The number of benzene rings is 1. The lowest BCUT2D eigenvalue weighted by molar-refractivity contribution is 0.0913. The van der Waals surface area contributed by atoms with E-state index in [1.54, 1.807) is 12.1 Å². The average molecular weight is 370 g/mol. The largest absolute Gasteiger partial charge is 0.454 e. The van der Waals surface area contributed by atoms with Gasteiger partial charge in [0.05, 0.1) is 23.6 Å². The number of halogens is 1. The number of aromatic amines is 1. The zero-order valence-corrected chi connectivity index (χ0v) is 15.3. The summed E-state index contributed by atoms with van der Waals surface area (Å²) >= 11 is 0. The molecule has 0 saturated carbocycles. The SMILES string of the molecule is C[C@@H](c1ccc(C(=O)NCc2nc3ccc(F)cc3[nH]2)o1)N1CCCCC1. The van der Waals surface area contributed by atoms with E-state index in [2.05, 4.69) is 27.1 Å². The zero-order valence-electron chi connectivity index (χ0n) is 15.3. The van der Waals surface area contributed by atoms with Gasteiger partial charge in [0.15, 0.2) is 5.76 Å². The molecule has 0 radical (unpaired) electrons. The summed E-state index contributed by atoms with van der Waals surface area (Å²) in [6.07, 6.45) is 3.70. The third-order valence-electron chi connectivity index (χ3n) is 5.11. The van der Waals surface area contributed by atoms with Gasteiger partial charge in [0.2, 0.25) is 0 Å². The fraction of sp³-hybridized carbons (Fsp3) is 0.400. The molecule has 1 aliphatic rings. The van der Waals surface area contributed by atoms with Crippen LogP contribution in [-0.2, 0) is 6.54 Å². The Morgan fingerprint density at radius 1 is 1.30 bits per heavy atom. The third-order valence-corrected chi connectivity index (χ3v) is 5.11. The smallest absolute Gasteiger partial charge is 0.287 e. The molecule has 2 aromatic heterocycles. The second kappa shape index (κ2) is 7.52. The molecule has 142 valence electrons. The number of furan rings is 1. The lowest BCUT2D eigenvalue weighted by atomic mass is 10.1. The molecule has 2 N–H and O–H groups in total. The first-order valence-electron chi connectivity index (χ1n) is 9.36. The summed E-state index contributed by atoms with van der Waals surface area (Å²) in [5, 5.41) is 2.79. The molecule has 4 rings (SSSR count). The summed E-state index contributed by atoms with van der Waals surface area (Å²) in [5.74, 6) is 1.04. The molecular formula is C20H23FN4O2. The predicted molar refractivity (Wildman–Crippen MR) is 99.8 cm³/mol. The van der Waals surface area contributed by atoms with E-state index in [9.17, 15) is 9.18 Å². The standard InChI is InChI=1S/C20H23FN4O2/c1-13(25-9-3-2-4-10-25)17-7-8-18(27-17)20(26)22-12-19-23-15-6-5-14(21)11-16(15)24-19/h5-8,11,13H,2-4,9-10,12H2,1H3,(H,22,26)(H,23,24)/t13-/m0/s1. The number of imidazole rings is 1. The topological polar surface area (TPSA) is 74.2 Å². The Morgan fingerprint density at radius 2 is 2.11 bits per heavy atom. The molecule has 1 amide bonds. The first kappa shape index (κ1) is 17.7. The highest BCUT2D eigenvalue weighted by molar-refractivity contribution is 5.91. The van der Waals surface area contributed by atoms with E-state index in [-0.39, 0.29) is 30.1 Å². The fourth-order valence-corrected chi connectivity index (χ4v) is 3.55. The van der Waals surface area contributed by atoms with Crippen LogP contribution in [0.4, 0.5) is 4.39 Å². The molecule has 0 bridgehead atoms. The van der Waals surface area contributed by atoms with Crippen molar-refractivity contribution in [1.29, 1.82) is 0 Å². The van der Waals surface area contributed by atoms with Gasteiger partial charge < -0.3 is 14.7 Å². The molecule has 6 nitrogen and oxygen atoms in total. The summed E-state index contributed by atoms with van der Waals surface area (Å²) in [7, 11) is 0. The van der Waals surface area contributed by atoms with Crippen molar-refractivity contribution in [2.75, 3.05) is 13.1 Å². The number of carbonyl (C=O) groups is 1. The Hall–Kier alpha value is -2.67. The van der Waals surface area contributed by atoms with E-state index in [0.29, 0.717) is 16.9 Å². The molecule has 7 heteroatoms. The van der Waals surface area contributed by atoms with Crippen molar-refractivity contribution in [3.63, 3.8) is 0 Å². The average Bonchev–Trinajstić information content (AvgIpc) is 3.33. The number of carbonyl (C=O) groups excluding carboxylic acids is 1. The molecule has 1 aromatic carbocycles. The molecule has 3 heterocycles. The number of piperidine rings is 1. The number of nitrogens with one attached hydrogen (secondary N) is 2. The van der Waals surface area contributed by atoms with Crippen molar-refractivity contribution in [1.82, 2.24) is 20.2 Å². The van der Waals surface area contributed by atoms with Crippen LogP contribution in [0.5, 0.6) is 0 Å². The normalized spacial score (nSPS) is 16.5. The number of aromatic nitrogens is 2. The number of amides is 1. The number of hydrogen-bond donors (Lipinski definition) is 2. The molecule has 27 heavy (non-hydrogen) atoms. The number of fused-ring (bicyclic) bond motifs is 1. The lowest BCUT2D eigenvalue weighted by Crippen LogP contribution is -2.32. The van der Waals surface area contributed by atoms with Gasteiger partial charge in [-0.25, -0.2) is 9.37 Å². The minimum atomic E-state index is -0.326. The van der Waals surface area contributed by atoms with Crippen LogP contribution in [0.15, 0.2) is 34.7 Å². The Balaban J connectivity index is 1.38. The second-order valence-electron chi connectivity index (χ2n) is 7.00. The van der Waals surface area contributed by atoms with Crippen LogP contribution in [-0.4, -0.2) is 33.9 Å². The number of nitrogens with zero attached hydrogens (tertiary/aromatic N) is 2. The number of H-pyrrole nitrogens is 1. The number of likely N-dealkylation sites (tertiary alicyclic amines) is 1. The van der Waals surface area contributed by atoms with Gasteiger partial charge in [0.1, 0.15) is 17.4 Å². The van der Waals surface area contributed by atoms with Crippen LogP contribution in [0.1, 0.15) is 54.4 Å². The van der Waals surface area contributed by atoms with Crippen LogP contribution in [0, 0.1) is 5.82 Å². The van der Waals surface area contributed by atoms with E-state index < -0.39 is 0 Å². The monoisotopic (exact) mass is 370 g/mol. The molecule has 1 saturated heterocycles. The summed E-state index contributed by atoms with van der Waals surface area (Å²) in [6, 6.07) is 8.09. The third kappa shape index (κ3) is 3.88. The molecule has 0 aliphatic carbocycles. The van der Waals surface area contributed by atoms with Gasteiger partial charge in [-0.15, -0.1) is 0 Å².